The minimum atomic E-state index is -0.737. The highest BCUT2D eigenvalue weighted by molar-refractivity contribution is 5.93. The number of amides is 1. The highest BCUT2D eigenvalue weighted by Gasteiger charge is 2.60. The summed E-state index contributed by atoms with van der Waals surface area (Å²) in [6.07, 6.45) is 4.61. The smallest absolute Gasteiger partial charge is 0.312 e. The molecule has 4 aliphatic carbocycles. The van der Waals surface area contributed by atoms with E-state index in [1.807, 2.05) is 0 Å². The molecule has 2 N–H and O–H groups in total. The average Bonchev–Trinajstić information content (AvgIpc) is 2.52. The van der Waals surface area contributed by atoms with Gasteiger partial charge >= 0.3 is 5.97 Å². The first kappa shape index (κ1) is 16.5. The maximum atomic E-state index is 12.9. The monoisotopic (exact) mass is 347 g/mol. The zero-order valence-electron chi connectivity index (χ0n) is 14.0. The van der Waals surface area contributed by atoms with E-state index in [1.54, 1.807) is 0 Å². The lowest BCUT2D eigenvalue weighted by atomic mass is 9.48. The quantitative estimate of drug-likeness (QED) is 0.821. The second-order valence-corrected chi connectivity index (χ2v) is 8.10. The van der Waals surface area contributed by atoms with Gasteiger partial charge in [-0.15, -0.1) is 0 Å². The average molecular weight is 347 g/mol. The van der Waals surface area contributed by atoms with Gasteiger partial charge in [0.2, 0.25) is 0 Å². The lowest BCUT2D eigenvalue weighted by molar-refractivity contribution is -0.196. The lowest BCUT2D eigenvalue weighted by Crippen LogP contribution is -2.58. The van der Waals surface area contributed by atoms with Crippen molar-refractivity contribution in [3.63, 3.8) is 0 Å². The van der Waals surface area contributed by atoms with E-state index in [4.69, 9.17) is 4.74 Å². The van der Waals surface area contributed by atoms with Crippen LogP contribution >= 0.6 is 0 Å². The highest BCUT2D eigenvalue weighted by Crippen LogP contribution is 2.61. The van der Waals surface area contributed by atoms with Gasteiger partial charge in [0.25, 0.3) is 5.91 Å². The molecule has 4 aliphatic rings. The number of halogens is 1. The summed E-state index contributed by atoms with van der Waals surface area (Å²) in [7, 11) is 0. The molecule has 2 unspecified atom stereocenters. The second-order valence-electron chi connectivity index (χ2n) is 8.10. The Balaban J connectivity index is 1.36. The molecule has 4 bridgehead atoms. The molecule has 0 aliphatic heterocycles. The molecule has 0 saturated heterocycles. The molecule has 25 heavy (non-hydrogen) atoms. The molecule has 1 aromatic rings. The maximum Gasteiger partial charge on any atom is 0.312 e. The van der Waals surface area contributed by atoms with E-state index in [2.05, 4.69) is 5.32 Å². The number of carbonyl (C=O) groups excluding carboxylic acids is 2. The van der Waals surface area contributed by atoms with Gasteiger partial charge in [-0.05, 0) is 74.6 Å². The fourth-order valence-electron chi connectivity index (χ4n) is 5.47. The summed E-state index contributed by atoms with van der Waals surface area (Å²) in [6.45, 7) is -0.369. The molecule has 4 fully saturated rings. The summed E-state index contributed by atoms with van der Waals surface area (Å²) < 4.78 is 18.2. The lowest BCUT2D eigenvalue weighted by Gasteiger charge is -2.58. The topological polar surface area (TPSA) is 75.6 Å². The van der Waals surface area contributed by atoms with Crippen molar-refractivity contribution in [3.8, 4) is 0 Å². The predicted molar refractivity (Wildman–Crippen MR) is 88.1 cm³/mol. The van der Waals surface area contributed by atoms with E-state index in [9.17, 15) is 19.1 Å². The number of esters is 1. The van der Waals surface area contributed by atoms with Crippen molar-refractivity contribution in [3.05, 3.63) is 30.1 Å². The van der Waals surface area contributed by atoms with Crippen molar-refractivity contribution in [1.29, 1.82) is 0 Å². The molecule has 5 rings (SSSR count). The molecular weight excluding hydrogens is 325 g/mol. The van der Waals surface area contributed by atoms with Gasteiger partial charge in [-0.2, -0.15) is 0 Å². The van der Waals surface area contributed by atoms with E-state index < -0.39 is 16.9 Å². The number of ether oxygens (including phenoxy) is 1. The Kier molecular flexibility index (Phi) is 3.83. The Labute approximate surface area is 145 Å². The zero-order chi connectivity index (χ0) is 17.7. The van der Waals surface area contributed by atoms with Crippen LogP contribution in [0.25, 0.3) is 0 Å². The highest BCUT2D eigenvalue weighted by atomic mass is 19.1. The van der Waals surface area contributed by atoms with Crippen LogP contribution in [0.4, 0.5) is 10.1 Å². The van der Waals surface area contributed by atoms with E-state index >= 15 is 0 Å². The molecule has 134 valence electrons. The Hall–Kier alpha value is -1.95. The van der Waals surface area contributed by atoms with Crippen LogP contribution in [0.3, 0.4) is 0 Å². The molecule has 6 heteroatoms. The van der Waals surface area contributed by atoms with Crippen LogP contribution in [-0.2, 0) is 14.3 Å². The number of hydrogen-bond acceptors (Lipinski definition) is 4. The van der Waals surface area contributed by atoms with E-state index in [1.165, 1.54) is 24.3 Å². The number of carbonyl (C=O) groups is 2. The standard InChI is InChI=1S/C19H22FNO4/c20-14-1-3-15(4-2-14)21-16(22)10-25-17(23)18-6-12-5-13(7-18)9-19(24,8-12)11-18/h1-4,12-13,24H,5-11H2,(H,21,22)/t12-,13+,18?,19?. The molecule has 0 heterocycles. The van der Waals surface area contributed by atoms with Crippen LogP contribution in [0.1, 0.15) is 38.5 Å². The summed E-state index contributed by atoms with van der Waals surface area (Å²) in [5.41, 5.74) is -0.916. The van der Waals surface area contributed by atoms with E-state index in [0.29, 0.717) is 23.9 Å². The Morgan fingerprint density at radius 3 is 2.40 bits per heavy atom. The largest absolute Gasteiger partial charge is 0.455 e. The SMILES string of the molecule is O=C(COC(=O)C12C[C@@H]3C[C@@H](CC(O)(C3)C1)C2)Nc1ccc(F)cc1. The number of nitrogens with one attached hydrogen (secondary N) is 1. The second kappa shape index (κ2) is 5.80. The van der Waals surface area contributed by atoms with E-state index in [-0.39, 0.29) is 18.4 Å². The summed E-state index contributed by atoms with van der Waals surface area (Å²) in [6, 6.07) is 5.39. The third-order valence-electron chi connectivity index (χ3n) is 5.93. The Morgan fingerprint density at radius 2 is 1.80 bits per heavy atom. The number of hydrogen-bond donors (Lipinski definition) is 2. The van der Waals surface area contributed by atoms with Gasteiger partial charge in [0.15, 0.2) is 6.61 Å². The molecule has 0 aromatic heterocycles. The van der Waals surface area contributed by atoms with Gasteiger partial charge in [-0.3, -0.25) is 9.59 Å². The van der Waals surface area contributed by atoms with Crippen LogP contribution in [0.15, 0.2) is 24.3 Å². The summed E-state index contributed by atoms with van der Waals surface area (Å²) in [5, 5.41) is 13.3. The molecule has 0 radical (unpaired) electrons. The van der Waals surface area contributed by atoms with Crippen LogP contribution < -0.4 is 5.32 Å². The number of anilines is 1. The summed E-state index contributed by atoms with van der Waals surface area (Å²) in [4.78, 5) is 24.6. The molecule has 4 saturated carbocycles. The molecule has 4 atom stereocenters. The van der Waals surface area contributed by atoms with Gasteiger partial charge < -0.3 is 15.2 Å². The van der Waals surface area contributed by atoms with E-state index in [0.717, 1.165) is 32.1 Å². The fraction of sp³-hybridized carbons (Fsp3) is 0.579. The molecular formula is C19H22FNO4. The Bertz CT molecular complexity index is 688. The van der Waals surface area contributed by atoms with Gasteiger partial charge in [-0.1, -0.05) is 0 Å². The molecule has 1 amide bonds. The van der Waals surface area contributed by atoms with Crippen LogP contribution in [-0.4, -0.2) is 29.2 Å². The molecule has 5 nitrogen and oxygen atoms in total. The summed E-state index contributed by atoms with van der Waals surface area (Å²) in [5.74, 6) is -0.444. The van der Waals surface area contributed by atoms with Crippen LogP contribution in [0, 0.1) is 23.1 Å². The van der Waals surface area contributed by atoms with Gasteiger partial charge in [0.1, 0.15) is 5.82 Å². The van der Waals surface area contributed by atoms with Crippen molar-refractivity contribution >= 4 is 17.6 Å². The van der Waals surface area contributed by atoms with Crippen LogP contribution in [0.2, 0.25) is 0 Å². The van der Waals surface area contributed by atoms with Crippen molar-refractivity contribution in [2.45, 2.75) is 44.1 Å². The predicted octanol–water partition coefficient (Wildman–Crippen LogP) is 2.64. The first-order chi connectivity index (χ1) is 11.9. The van der Waals surface area contributed by atoms with Crippen molar-refractivity contribution in [1.82, 2.24) is 0 Å². The minimum Gasteiger partial charge on any atom is -0.455 e. The number of benzene rings is 1. The molecule has 1 aromatic carbocycles. The normalized spacial score (nSPS) is 35.4. The van der Waals surface area contributed by atoms with Gasteiger partial charge in [-0.25, -0.2) is 4.39 Å². The van der Waals surface area contributed by atoms with Crippen LogP contribution in [0.5, 0.6) is 0 Å². The number of rotatable bonds is 4. The minimum absolute atomic E-state index is 0.366. The molecule has 0 spiro atoms. The van der Waals surface area contributed by atoms with Crippen molar-refractivity contribution < 1.29 is 23.8 Å². The zero-order valence-corrected chi connectivity index (χ0v) is 14.0. The fourth-order valence-corrected chi connectivity index (χ4v) is 5.47. The van der Waals surface area contributed by atoms with Gasteiger partial charge in [0.05, 0.1) is 11.0 Å². The first-order valence-electron chi connectivity index (χ1n) is 8.81. The van der Waals surface area contributed by atoms with Gasteiger partial charge in [0, 0.05) is 5.69 Å². The maximum absolute atomic E-state index is 12.9. The van der Waals surface area contributed by atoms with Crippen molar-refractivity contribution in [2.24, 2.45) is 17.3 Å². The first-order valence-corrected chi connectivity index (χ1v) is 8.81. The Morgan fingerprint density at radius 1 is 1.16 bits per heavy atom. The number of aliphatic hydroxyl groups is 1. The third-order valence-corrected chi connectivity index (χ3v) is 5.93. The third kappa shape index (κ3) is 3.15. The summed E-state index contributed by atoms with van der Waals surface area (Å²) >= 11 is 0. The van der Waals surface area contributed by atoms with Crippen molar-refractivity contribution in [2.75, 3.05) is 11.9 Å².